The molecule has 3 saturated carbocycles. The molecule has 3 saturated heterocycles. The number of carboxylic acid groups (broad SMARTS) is 4. The van der Waals surface area contributed by atoms with Gasteiger partial charge in [-0.2, -0.15) is 0 Å². The number of hydrogen-bond donors (Lipinski definition) is 4. The fourth-order valence-electron chi connectivity index (χ4n) is 8.54. The number of fused-ring (bicyclic) bond motifs is 3. The highest BCUT2D eigenvalue weighted by atomic mass is 16.6. The minimum absolute atomic E-state index is 0.0476. The Hall–Kier alpha value is -2.24. The van der Waals surface area contributed by atoms with Crippen LogP contribution in [0.2, 0.25) is 0 Å². The van der Waals surface area contributed by atoms with Crippen molar-refractivity contribution < 1.29 is 53.8 Å². The average molecular weight is 623 g/mol. The van der Waals surface area contributed by atoms with Gasteiger partial charge >= 0.3 is 23.9 Å². The van der Waals surface area contributed by atoms with E-state index in [0.717, 1.165) is 57.8 Å². The van der Waals surface area contributed by atoms with Crippen LogP contribution in [0.4, 0.5) is 0 Å². The summed E-state index contributed by atoms with van der Waals surface area (Å²) in [5.74, 6) is -2.43. The number of carbonyl (C=O) groups is 4. The first kappa shape index (κ1) is 33.1. The Morgan fingerprint density at radius 2 is 1.07 bits per heavy atom. The summed E-state index contributed by atoms with van der Waals surface area (Å²) in [6.45, 7) is 0. The molecule has 10 unspecified atom stereocenters. The SMILES string of the molecule is O=C(O)CCCC(CC1CCC2OC2C1)(CC1CCC2OC2C1)C(=O)O.O=C(O)CCCC(CC1CCC2OC2C1)C(=O)O. The topological polar surface area (TPSA) is 187 Å². The van der Waals surface area contributed by atoms with Crippen molar-refractivity contribution in [1.82, 2.24) is 0 Å². The zero-order valence-electron chi connectivity index (χ0n) is 25.6. The van der Waals surface area contributed by atoms with Crippen molar-refractivity contribution >= 4 is 23.9 Å². The van der Waals surface area contributed by atoms with Crippen molar-refractivity contribution in [3.63, 3.8) is 0 Å². The molecular weight excluding hydrogens is 572 g/mol. The second-order valence-corrected chi connectivity index (χ2v) is 14.5. The molecule has 0 aromatic rings. The summed E-state index contributed by atoms with van der Waals surface area (Å²) < 4.78 is 16.7. The van der Waals surface area contributed by atoms with E-state index in [2.05, 4.69) is 0 Å². The van der Waals surface area contributed by atoms with Gasteiger partial charge in [-0.25, -0.2) is 0 Å². The highest BCUT2D eigenvalue weighted by Gasteiger charge is 2.51. The monoisotopic (exact) mass is 622 g/mol. The largest absolute Gasteiger partial charge is 0.481 e. The fraction of sp³-hybridized carbons (Fsp3) is 0.879. The molecule has 0 bridgehead atoms. The Morgan fingerprint density at radius 1 is 0.614 bits per heavy atom. The van der Waals surface area contributed by atoms with E-state index in [4.69, 9.17) is 29.5 Å². The maximum atomic E-state index is 12.4. The first-order valence-electron chi connectivity index (χ1n) is 16.9. The maximum Gasteiger partial charge on any atom is 0.309 e. The van der Waals surface area contributed by atoms with Crippen LogP contribution in [0.15, 0.2) is 0 Å². The number of rotatable bonds is 16. The Morgan fingerprint density at radius 3 is 1.50 bits per heavy atom. The van der Waals surface area contributed by atoms with E-state index in [1.54, 1.807) is 0 Å². The molecule has 0 aromatic carbocycles. The van der Waals surface area contributed by atoms with Crippen LogP contribution in [0.25, 0.3) is 0 Å². The van der Waals surface area contributed by atoms with E-state index >= 15 is 0 Å². The van der Waals surface area contributed by atoms with Gasteiger partial charge in [-0.05, 0) is 120 Å². The van der Waals surface area contributed by atoms with Crippen LogP contribution < -0.4 is 0 Å². The molecule has 10 atom stereocenters. The summed E-state index contributed by atoms with van der Waals surface area (Å²) in [5.41, 5.74) is -0.797. The summed E-state index contributed by atoms with van der Waals surface area (Å²) in [6, 6.07) is 0. The minimum Gasteiger partial charge on any atom is -0.481 e. The number of epoxide rings is 3. The summed E-state index contributed by atoms with van der Waals surface area (Å²) in [5, 5.41) is 36.9. The Kier molecular flexibility index (Phi) is 10.9. The molecule has 0 radical (unpaired) electrons. The fourth-order valence-corrected chi connectivity index (χ4v) is 8.54. The lowest BCUT2D eigenvalue weighted by Crippen LogP contribution is -2.37. The normalized spacial score (nSPS) is 36.5. The highest BCUT2D eigenvalue weighted by Crippen LogP contribution is 2.50. The van der Waals surface area contributed by atoms with Crippen LogP contribution in [0.1, 0.15) is 116 Å². The second-order valence-electron chi connectivity index (χ2n) is 14.5. The van der Waals surface area contributed by atoms with Crippen LogP contribution in [0.5, 0.6) is 0 Å². The molecule has 11 heteroatoms. The van der Waals surface area contributed by atoms with Gasteiger partial charge in [-0.3, -0.25) is 19.2 Å². The van der Waals surface area contributed by atoms with Gasteiger partial charge in [0.2, 0.25) is 0 Å². The molecule has 6 fully saturated rings. The van der Waals surface area contributed by atoms with Crippen LogP contribution in [-0.4, -0.2) is 80.9 Å². The minimum atomic E-state index is -0.856. The van der Waals surface area contributed by atoms with Gasteiger partial charge in [-0.1, -0.05) is 0 Å². The Labute approximate surface area is 259 Å². The predicted molar refractivity (Wildman–Crippen MR) is 156 cm³/mol. The third-order valence-corrected chi connectivity index (χ3v) is 11.1. The van der Waals surface area contributed by atoms with Crippen molar-refractivity contribution in [2.24, 2.45) is 29.1 Å². The van der Waals surface area contributed by atoms with E-state index in [1.807, 2.05) is 0 Å². The molecule has 0 amide bonds. The van der Waals surface area contributed by atoms with Gasteiger partial charge in [0.25, 0.3) is 0 Å². The second kappa shape index (κ2) is 14.5. The molecular formula is C33H50O11. The van der Waals surface area contributed by atoms with E-state index in [0.29, 0.717) is 99.3 Å². The van der Waals surface area contributed by atoms with Crippen molar-refractivity contribution in [3.05, 3.63) is 0 Å². The Bertz CT molecular complexity index is 1010. The van der Waals surface area contributed by atoms with Crippen LogP contribution in [-0.2, 0) is 33.4 Å². The molecule has 0 spiro atoms. The maximum absolute atomic E-state index is 12.4. The summed E-state index contributed by atoms with van der Waals surface area (Å²) >= 11 is 0. The standard InChI is InChI=1S/C20H30O6.C13H20O5/c21-18(22)2-1-7-20(19(23)24,10-12-3-5-14-16(8-12)25-14)11-13-4-6-15-17(9-13)26-15;14-12(15)3-1-2-9(13(16)17)6-8-4-5-10-11(7-8)18-10/h12-17H,1-11H2,(H,21,22)(H,23,24);8-11H,1-7H2,(H,14,15)(H,16,17). The zero-order valence-corrected chi connectivity index (χ0v) is 25.6. The van der Waals surface area contributed by atoms with Crippen molar-refractivity contribution in [2.45, 2.75) is 152 Å². The van der Waals surface area contributed by atoms with Gasteiger partial charge in [0.1, 0.15) is 0 Å². The molecule has 3 aliphatic heterocycles. The first-order chi connectivity index (χ1) is 21.0. The van der Waals surface area contributed by atoms with Gasteiger partial charge < -0.3 is 34.6 Å². The van der Waals surface area contributed by atoms with Gasteiger partial charge in [0, 0.05) is 12.8 Å². The number of hydrogen-bond acceptors (Lipinski definition) is 7. The van der Waals surface area contributed by atoms with E-state index in [1.165, 1.54) is 0 Å². The van der Waals surface area contributed by atoms with Gasteiger partial charge in [0.05, 0.1) is 48.0 Å². The van der Waals surface area contributed by atoms with E-state index < -0.39 is 35.2 Å². The van der Waals surface area contributed by atoms with Crippen molar-refractivity contribution in [3.8, 4) is 0 Å². The molecule has 6 aliphatic rings. The predicted octanol–water partition coefficient (Wildman–Crippen LogP) is 5.13. The van der Waals surface area contributed by atoms with E-state index in [9.17, 15) is 24.3 Å². The average Bonchev–Trinajstić information content (AvgIpc) is 3.85. The molecule has 44 heavy (non-hydrogen) atoms. The molecule has 248 valence electrons. The molecule has 3 heterocycles. The zero-order chi connectivity index (χ0) is 31.4. The van der Waals surface area contributed by atoms with Crippen molar-refractivity contribution in [2.75, 3.05) is 0 Å². The molecule has 6 rings (SSSR count). The summed E-state index contributed by atoms with van der Waals surface area (Å²) in [4.78, 5) is 45.0. The highest BCUT2D eigenvalue weighted by molar-refractivity contribution is 5.75. The quantitative estimate of drug-likeness (QED) is 0.167. The van der Waals surface area contributed by atoms with Crippen LogP contribution >= 0.6 is 0 Å². The van der Waals surface area contributed by atoms with Crippen LogP contribution in [0, 0.1) is 29.1 Å². The third-order valence-electron chi connectivity index (χ3n) is 11.1. The lowest BCUT2D eigenvalue weighted by atomic mass is 9.66. The Balaban J connectivity index is 0.000000187. The molecule has 4 N–H and O–H groups in total. The first-order valence-corrected chi connectivity index (χ1v) is 16.9. The lowest BCUT2D eigenvalue weighted by molar-refractivity contribution is -0.153. The number of ether oxygens (including phenoxy) is 3. The van der Waals surface area contributed by atoms with Crippen molar-refractivity contribution in [1.29, 1.82) is 0 Å². The third kappa shape index (κ3) is 9.39. The van der Waals surface area contributed by atoms with Gasteiger partial charge in [0.15, 0.2) is 0 Å². The lowest BCUT2D eigenvalue weighted by Gasteiger charge is -2.37. The number of carboxylic acids is 4. The smallest absolute Gasteiger partial charge is 0.309 e. The summed E-state index contributed by atoms with van der Waals surface area (Å²) in [6.07, 6.45) is 15.4. The van der Waals surface area contributed by atoms with E-state index in [-0.39, 0.29) is 12.8 Å². The molecule has 11 nitrogen and oxygen atoms in total. The summed E-state index contributed by atoms with van der Waals surface area (Å²) in [7, 11) is 0. The number of aliphatic carboxylic acids is 4. The van der Waals surface area contributed by atoms with Crippen LogP contribution in [0.3, 0.4) is 0 Å². The van der Waals surface area contributed by atoms with Gasteiger partial charge in [-0.15, -0.1) is 0 Å². The molecule has 0 aromatic heterocycles. The molecule has 3 aliphatic carbocycles.